The monoisotopic (exact) mass is 501 g/mol. The average molecular weight is 502 g/mol. The molecule has 1 aromatic heterocycles. The van der Waals surface area contributed by atoms with Crippen LogP contribution in [-0.2, 0) is 0 Å². The first-order valence-corrected chi connectivity index (χ1v) is 11.0. The Kier molecular flexibility index (Phi) is 5.20. The summed E-state index contributed by atoms with van der Waals surface area (Å²) >= 11 is 9.15. The largest absolute Gasteiger partial charge is 0.494 e. The van der Waals surface area contributed by atoms with Gasteiger partial charge in [0.05, 0.1) is 17.1 Å². The maximum Gasteiger partial charge on any atom is 0.270 e. The number of aromatic nitrogens is 2. The van der Waals surface area contributed by atoms with Crippen molar-refractivity contribution in [2.75, 3.05) is 0 Å². The quantitative estimate of drug-likeness (QED) is 0.346. The van der Waals surface area contributed by atoms with Crippen molar-refractivity contribution in [3.8, 4) is 17.3 Å². The summed E-state index contributed by atoms with van der Waals surface area (Å²) in [6.07, 6.45) is 3.35. The van der Waals surface area contributed by atoms with Crippen molar-refractivity contribution in [2.24, 2.45) is 4.99 Å². The molecule has 156 valence electrons. The van der Waals surface area contributed by atoms with Gasteiger partial charge in [-0.3, -0.25) is 18.9 Å². The number of aromatic hydroxyl groups is 1. The van der Waals surface area contributed by atoms with Crippen molar-refractivity contribution < 1.29 is 5.11 Å². The zero-order chi connectivity index (χ0) is 22.2. The van der Waals surface area contributed by atoms with Gasteiger partial charge in [-0.2, -0.15) is 0 Å². The van der Waals surface area contributed by atoms with Gasteiger partial charge in [0, 0.05) is 21.8 Å². The molecule has 3 aromatic carbocycles. The Hall–Kier alpha value is -3.55. The van der Waals surface area contributed by atoms with E-state index in [0.29, 0.717) is 11.4 Å². The second-order valence-electron chi connectivity index (χ2n) is 7.19. The highest BCUT2D eigenvalue weighted by Crippen LogP contribution is 2.35. The topological polar surface area (TPSA) is 59.5 Å². The van der Waals surface area contributed by atoms with E-state index in [0.717, 1.165) is 21.3 Å². The van der Waals surface area contributed by atoms with Gasteiger partial charge in [-0.05, 0) is 60.8 Å². The molecule has 5 rings (SSSR count). The van der Waals surface area contributed by atoms with E-state index in [2.05, 4.69) is 20.9 Å². The molecule has 1 aliphatic rings. The van der Waals surface area contributed by atoms with Gasteiger partial charge in [-0.25, -0.2) is 0 Å². The maximum atomic E-state index is 13.6. The fourth-order valence-corrected chi connectivity index (χ4v) is 4.43. The molecule has 0 fully saturated rings. The Morgan fingerprint density at radius 1 is 0.906 bits per heavy atom. The third kappa shape index (κ3) is 3.45. The zero-order valence-corrected chi connectivity index (χ0v) is 19.0. The molecule has 4 aromatic rings. The summed E-state index contributed by atoms with van der Waals surface area (Å²) in [5.74, 6) is -0.220. The highest BCUT2D eigenvalue weighted by molar-refractivity contribution is 9.10. The van der Waals surface area contributed by atoms with Crippen molar-refractivity contribution in [3.05, 3.63) is 110 Å². The number of fused-ring (bicyclic) bond motifs is 1. The van der Waals surface area contributed by atoms with Crippen LogP contribution in [0, 0.1) is 4.77 Å². The molecule has 32 heavy (non-hydrogen) atoms. The molecule has 0 spiro atoms. The third-order valence-corrected chi connectivity index (χ3v) is 6.07. The van der Waals surface area contributed by atoms with E-state index >= 15 is 0 Å². The minimum Gasteiger partial charge on any atom is -0.494 e. The predicted octanol–water partition coefficient (Wildman–Crippen LogP) is 6.08. The van der Waals surface area contributed by atoms with Crippen LogP contribution >= 0.6 is 28.1 Å². The Balaban J connectivity index is 1.83. The molecule has 5 nitrogen and oxygen atoms in total. The lowest BCUT2D eigenvalue weighted by molar-refractivity contribution is 0.429. The van der Waals surface area contributed by atoms with Gasteiger partial charge in [-0.1, -0.05) is 52.3 Å². The molecule has 0 amide bonds. The lowest BCUT2D eigenvalue weighted by Crippen LogP contribution is -2.25. The molecule has 0 unspecified atom stereocenters. The smallest absolute Gasteiger partial charge is 0.270 e. The van der Waals surface area contributed by atoms with Crippen LogP contribution in [0.5, 0.6) is 5.88 Å². The fraction of sp³-hybridized carbons (Fsp3) is 0. The molecule has 1 N–H and O–H groups in total. The number of hydrogen-bond donors (Lipinski definition) is 1. The molecule has 0 aliphatic carbocycles. The van der Waals surface area contributed by atoms with Crippen LogP contribution in [-0.4, -0.2) is 20.5 Å². The first-order valence-electron chi connectivity index (χ1n) is 9.82. The zero-order valence-electron chi connectivity index (χ0n) is 16.6. The van der Waals surface area contributed by atoms with Crippen LogP contribution in [0.3, 0.4) is 0 Å². The van der Waals surface area contributed by atoms with E-state index in [-0.39, 0.29) is 16.2 Å². The summed E-state index contributed by atoms with van der Waals surface area (Å²) in [7, 11) is 0. The maximum absolute atomic E-state index is 13.6. The van der Waals surface area contributed by atoms with Crippen molar-refractivity contribution in [2.45, 2.75) is 0 Å². The highest BCUT2D eigenvalue weighted by atomic mass is 79.9. The van der Waals surface area contributed by atoms with Crippen LogP contribution < -0.4 is 5.56 Å². The molecule has 0 bridgehead atoms. The summed E-state index contributed by atoms with van der Waals surface area (Å²) in [5.41, 5.74) is 3.40. The van der Waals surface area contributed by atoms with Crippen LogP contribution in [0.2, 0.25) is 0 Å². The third-order valence-electron chi connectivity index (χ3n) is 5.21. The molecule has 7 heteroatoms. The standard InChI is InChI=1S/C25H16BrN3O2S/c26-17-11-12-22-20(14-17)16(15-27-22)13-21-23(30)28(18-7-3-1-4-8-18)25(32)29(24(21)31)19-9-5-2-6-10-19/h1-15,30H/b16-13+. The molecule has 0 saturated heterocycles. The lowest BCUT2D eigenvalue weighted by Gasteiger charge is -2.17. The molecule has 2 heterocycles. The Labute approximate surface area is 197 Å². The minimum atomic E-state index is -0.407. The number of aliphatic imine (C=N–C) groups is 1. The molecule has 1 aliphatic heterocycles. The van der Waals surface area contributed by atoms with Crippen molar-refractivity contribution >= 4 is 51.7 Å². The van der Waals surface area contributed by atoms with E-state index in [1.165, 1.54) is 9.13 Å². The van der Waals surface area contributed by atoms with Crippen molar-refractivity contribution in [1.29, 1.82) is 0 Å². The SMILES string of the molecule is O=c1c(/C=C2\C=Nc3ccc(Br)cc32)c(O)n(-c2ccccc2)c(=S)n1-c1ccccc1. The van der Waals surface area contributed by atoms with Gasteiger partial charge in [0.25, 0.3) is 5.56 Å². The van der Waals surface area contributed by atoms with E-state index in [4.69, 9.17) is 12.2 Å². The molecular formula is C25H16BrN3O2S. The number of para-hydroxylation sites is 2. The van der Waals surface area contributed by atoms with Gasteiger partial charge in [0.2, 0.25) is 5.88 Å². The first kappa shape index (κ1) is 20.4. The van der Waals surface area contributed by atoms with Crippen LogP contribution in [0.25, 0.3) is 23.0 Å². The van der Waals surface area contributed by atoms with Crippen molar-refractivity contribution in [1.82, 2.24) is 9.13 Å². The second kappa shape index (κ2) is 8.18. The molecular weight excluding hydrogens is 486 g/mol. The Bertz CT molecular complexity index is 1520. The van der Waals surface area contributed by atoms with E-state index in [1.807, 2.05) is 78.9 Å². The van der Waals surface area contributed by atoms with Crippen molar-refractivity contribution in [3.63, 3.8) is 0 Å². The van der Waals surface area contributed by atoms with E-state index < -0.39 is 5.56 Å². The summed E-state index contributed by atoms with van der Waals surface area (Å²) in [6, 6.07) is 24.2. The van der Waals surface area contributed by atoms with Gasteiger partial charge < -0.3 is 5.11 Å². The van der Waals surface area contributed by atoms with Crippen LogP contribution in [0.1, 0.15) is 11.1 Å². The second-order valence-corrected chi connectivity index (χ2v) is 8.47. The Morgan fingerprint density at radius 2 is 1.53 bits per heavy atom. The van der Waals surface area contributed by atoms with Crippen LogP contribution in [0.15, 0.2) is 93.1 Å². The van der Waals surface area contributed by atoms with Crippen LogP contribution in [0.4, 0.5) is 5.69 Å². The summed E-state index contributed by atoms with van der Waals surface area (Å²) in [5, 5.41) is 11.2. The Morgan fingerprint density at radius 3 is 2.19 bits per heavy atom. The number of halogens is 1. The predicted molar refractivity (Wildman–Crippen MR) is 134 cm³/mol. The molecule has 0 radical (unpaired) electrons. The van der Waals surface area contributed by atoms with Gasteiger partial charge in [0.15, 0.2) is 4.77 Å². The molecule has 0 atom stereocenters. The average Bonchev–Trinajstić information content (AvgIpc) is 3.20. The van der Waals surface area contributed by atoms with Gasteiger partial charge in [0.1, 0.15) is 5.56 Å². The summed E-state index contributed by atoms with van der Waals surface area (Å²) in [4.78, 5) is 18.0. The minimum absolute atomic E-state index is 0.126. The number of nitrogens with zero attached hydrogens (tertiary/aromatic N) is 3. The fourth-order valence-electron chi connectivity index (χ4n) is 3.69. The van der Waals surface area contributed by atoms with E-state index in [1.54, 1.807) is 12.3 Å². The summed E-state index contributed by atoms with van der Waals surface area (Å²) in [6.45, 7) is 0. The van der Waals surface area contributed by atoms with Gasteiger partial charge >= 0.3 is 0 Å². The molecule has 0 saturated carbocycles. The van der Waals surface area contributed by atoms with E-state index in [9.17, 15) is 9.90 Å². The number of rotatable bonds is 3. The summed E-state index contributed by atoms with van der Waals surface area (Å²) < 4.78 is 4.01. The van der Waals surface area contributed by atoms with Gasteiger partial charge in [-0.15, -0.1) is 0 Å². The highest BCUT2D eigenvalue weighted by Gasteiger charge is 2.20. The lowest BCUT2D eigenvalue weighted by atomic mass is 10.1. The number of hydrogen-bond acceptors (Lipinski definition) is 4. The number of allylic oxidation sites excluding steroid dienone is 1. The number of benzene rings is 3. The first-order chi connectivity index (χ1) is 15.5. The normalized spacial score (nSPS) is 13.5.